The van der Waals surface area contributed by atoms with Gasteiger partial charge in [-0.15, -0.1) is 5.10 Å². The number of piperazine rings is 1. The Hall–Kier alpha value is -2.72. The van der Waals surface area contributed by atoms with Crippen molar-refractivity contribution in [2.24, 2.45) is 0 Å². The molecule has 4 aromatic rings. The molecule has 192 valence electrons. The Bertz CT molecular complexity index is 1440. The van der Waals surface area contributed by atoms with E-state index in [4.69, 9.17) is 23.2 Å². The Morgan fingerprint density at radius 1 is 1.00 bits per heavy atom. The second kappa shape index (κ2) is 10.2. The molecule has 0 unspecified atom stereocenters. The number of hydrogen-bond acceptors (Lipinski definition) is 5. The zero-order valence-electron chi connectivity index (χ0n) is 20.7. The summed E-state index contributed by atoms with van der Waals surface area (Å²) in [4.78, 5) is 17.6. The molecule has 3 heterocycles. The van der Waals surface area contributed by atoms with Crippen LogP contribution in [0.4, 0.5) is 0 Å². The molecule has 5 rings (SSSR count). The molecule has 1 aliphatic rings. The molecule has 2 aromatic heterocycles. The van der Waals surface area contributed by atoms with Crippen LogP contribution >= 0.6 is 39.1 Å². The SMILES string of the molecule is Cc1nn(-c2ccccc2)c(Cl)c1C(=O)N1CCN(C(C)(C)c2cn(-c3ccc(Cl)c(Br)c3)nn2)CC1. The third-order valence-electron chi connectivity index (χ3n) is 6.86. The highest BCUT2D eigenvalue weighted by molar-refractivity contribution is 9.10. The molecule has 0 spiro atoms. The molecular formula is C26H26BrCl2N7O. The topological polar surface area (TPSA) is 72.1 Å². The van der Waals surface area contributed by atoms with Gasteiger partial charge in [-0.1, -0.05) is 46.6 Å². The van der Waals surface area contributed by atoms with Crippen LogP contribution in [-0.4, -0.2) is 66.7 Å². The highest BCUT2D eigenvalue weighted by atomic mass is 79.9. The minimum absolute atomic E-state index is 0.0959. The average Bonchev–Trinajstić information content (AvgIpc) is 3.51. The fourth-order valence-corrected chi connectivity index (χ4v) is 5.41. The van der Waals surface area contributed by atoms with E-state index in [0.717, 1.165) is 21.5 Å². The molecule has 0 aliphatic carbocycles. The number of hydrogen-bond donors (Lipinski definition) is 0. The molecule has 0 radical (unpaired) electrons. The smallest absolute Gasteiger partial charge is 0.258 e. The second-order valence-electron chi connectivity index (χ2n) is 9.48. The van der Waals surface area contributed by atoms with E-state index >= 15 is 0 Å². The van der Waals surface area contributed by atoms with Gasteiger partial charge in [0.05, 0.1) is 39.4 Å². The van der Waals surface area contributed by atoms with Crippen molar-refractivity contribution >= 4 is 45.0 Å². The molecule has 2 aromatic carbocycles. The van der Waals surface area contributed by atoms with Gasteiger partial charge in [-0.05, 0) is 67.0 Å². The lowest BCUT2D eigenvalue weighted by atomic mass is 9.97. The standard InChI is InChI=1S/C26H26BrCl2N7O/c1-17-23(24(29)36(31-17)18-7-5-4-6-8-18)25(37)33-11-13-34(14-12-33)26(2,3)22-16-35(32-30-22)19-9-10-21(28)20(27)15-19/h4-10,15-16H,11-14H2,1-3H3. The van der Waals surface area contributed by atoms with Gasteiger partial charge in [0.2, 0.25) is 0 Å². The summed E-state index contributed by atoms with van der Waals surface area (Å²) in [6, 6.07) is 15.2. The first kappa shape index (κ1) is 25.9. The van der Waals surface area contributed by atoms with Crippen LogP contribution in [0.3, 0.4) is 0 Å². The van der Waals surface area contributed by atoms with E-state index < -0.39 is 0 Å². The van der Waals surface area contributed by atoms with Gasteiger partial charge in [0.25, 0.3) is 5.91 Å². The predicted octanol–water partition coefficient (Wildman–Crippen LogP) is 5.52. The fourth-order valence-electron chi connectivity index (χ4n) is 4.57. The Kier molecular flexibility index (Phi) is 7.15. The fraction of sp³-hybridized carbons (Fsp3) is 0.308. The minimum atomic E-state index is -0.372. The quantitative estimate of drug-likeness (QED) is 0.301. The number of aromatic nitrogens is 5. The molecule has 0 saturated carbocycles. The summed E-state index contributed by atoms with van der Waals surface area (Å²) < 4.78 is 4.16. The molecule has 11 heteroatoms. The maximum absolute atomic E-state index is 13.5. The summed E-state index contributed by atoms with van der Waals surface area (Å²) in [6.07, 6.45) is 1.94. The minimum Gasteiger partial charge on any atom is -0.336 e. The van der Waals surface area contributed by atoms with Crippen LogP contribution in [0.2, 0.25) is 10.2 Å². The summed E-state index contributed by atoms with van der Waals surface area (Å²) in [6.45, 7) is 8.62. The lowest BCUT2D eigenvalue weighted by molar-refractivity contribution is 0.0378. The second-order valence-corrected chi connectivity index (χ2v) is 11.1. The number of carbonyl (C=O) groups is 1. The van der Waals surface area contributed by atoms with E-state index in [1.807, 2.05) is 66.6 Å². The highest BCUT2D eigenvalue weighted by Crippen LogP contribution is 2.30. The third kappa shape index (κ3) is 4.93. The van der Waals surface area contributed by atoms with Crippen LogP contribution in [0, 0.1) is 6.92 Å². The van der Waals surface area contributed by atoms with Gasteiger partial charge in [0.15, 0.2) is 0 Å². The van der Waals surface area contributed by atoms with Gasteiger partial charge in [-0.3, -0.25) is 9.69 Å². The molecule has 0 bridgehead atoms. The molecule has 37 heavy (non-hydrogen) atoms. The van der Waals surface area contributed by atoms with Crippen molar-refractivity contribution in [2.45, 2.75) is 26.3 Å². The van der Waals surface area contributed by atoms with Gasteiger partial charge in [0, 0.05) is 30.7 Å². The lowest BCUT2D eigenvalue weighted by Gasteiger charge is -2.43. The van der Waals surface area contributed by atoms with Crippen molar-refractivity contribution in [2.75, 3.05) is 26.2 Å². The van der Waals surface area contributed by atoms with Crippen molar-refractivity contribution in [3.8, 4) is 11.4 Å². The lowest BCUT2D eigenvalue weighted by Crippen LogP contribution is -2.54. The first-order valence-electron chi connectivity index (χ1n) is 11.9. The zero-order valence-corrected chi connectivity index (χ0v) is 23.8. The summed E-state index contributed by atoms with van der Waals surface area (Å²) in [5.74, 6) is -0.0959. The summed E-state index contributed by atoms with van der Waals surface area (Å²) in [7, 11) is 0. The van der Waals surface area contributed by atoms with Gasteiger partial charge >= 0.3 is 0 Å². The number of para-hydroxylation sites is 1. The summed E-state index contributed by atoms with van der Waals surface area (Å²) in [5, 5.41) is 14.3. The number of halogens is 3. The van der Waals surface area contributed by atoms with Crippen molar-refractivity contribution in [1.82, 2.24) is 34.6 Å². The summed E-state index contributed by atoms with van der Waals surface area (Å²) >= 11 is 16.2. The Balaban J connectivity index is 1.29. The van der Waals surface area contributed by atoms with Crippen LogP contribution in [0.5, 0.6) is 0 Å². The molecule has 1 saturated heterocycles. The van der Waals surface area contributed by atoms with E-state index in [1.165, 1.54) is 0 Å². The zero-order chi connectivity index (χ0) is 26.3. The van der Waals surface area contributed by atoms with E-state index in [-0.39, 0.29) is 11.4 Å². The Morgan fingerprint density at radius 2 is 1.70 bits per heavy atom. The van der Waals surface area contributed by atoms with E-state index in [0.29, 0.717) is 47.6 Å². The van der Waals surface area contributed by atoms with Crippen LogP contribution in [-0.2, 0) is 5.54 Å². The first-order valence-corrected chi connectivity index (χ1v) is 13.4. The van der Waals surface area contributed by atoms with Gasteiger partial charge in [-0.2, -0.15) is 5.10 Å². The molecule has 1 fully saturated rings. The molecule has 8 nitrogen and oxygen atoms in total. The third-order valence-corrected chi connectivity index (χ3v) is 8.43. The van der Waals surface area contributed by atoms with Crippen LogP contribution < -0.4 is 0 Å². The summed E-state index contributed by atoms with van der Waals surface area (Å²) in [5.41, 5.74) is 3.23. The molecular weight excluding hydrogens is 577 g/mol. The van der Waals surface area contributed by atoms with Crippen molar-refractivity contribution in [3.05, 3.63) is 86.3 Å². The molecule has 1 amide bonds. The number of nitrogens with zero attached hydrogens (tertiary/aromatic N) is 7. The van der Waals surface area contributed by atoms with Gasteiger partial charge in [-0.25, -0.2) is 9.36 Å². The average molecular weight is 603 g/mol. The molecule has 1 aliphatic heterocycles. The van der Waals surface area contributed by atoms with E-state index in [1.54, 1.807) is 9.36 Å². The number of aryl methyl sites for hydroxylation is 1. The van der Waals surface area contributed by atoms with Crippen LogP contribution in [0.15, 0.2) is 59.2 Å². The number of amides is 1. The number of rotatable bonds is 5. The Morgan fingerprint density at radius 3 is 2.38 bits per heavy atom. The van der Waals surface area contributed by atoms with Crippen LogP contribution in [0.1, 0.15) is 35.6 Å². The number of benzene rings is 2. The normalized spacial score (nSPS) is 14.8. The highest BCUT2D eigenvalue weighted by Gasteiger charge is 2.36. The molecule has 0 N–H and O–H groups in total. The van der Waals surface area contributed by atoms with Crippen LogP contribution in [0.25, 0.3) is 11.4 Å². The largest absolute Gasteiger partial charge is 0.336 e. The van der Waals surface area contributed by atoms with E-state index in [9.17, 15) is 4.79 Å². The van der Waals surface area contributed by atoms with E-state index in [2.05, 4.69) is 50.1 Å². The van der Waals surface area contributed by atoms with Gasteiger partial charge in [0.1, 0.15) is 10.8 Å². The molecule has 0 atom stereocenters. The van der Waals surface area contributed by atoms with Gasteiger partial charge < -0.3 is 4.90 Å². The monoisotopic (exact) mass is 601 g/mol. The first-order chi connectivity index (χ1) is 17.7. The predicted molar refractivity (Wildman–Crippen MR) is 148 cm³/mol. The Labute approximate surface area is 233 Å². The maximum Gasteiger partial charge on any atom is 0.258 e. The van der Waals surface area contributed by atoms with Crippen molar-refractivity contribution in [3.63, 3.8) is 0 Å². The van der Waals surface area contributed by atoms with Crippen molar-refractivity contribution in [1.29, 1.82) is 0 Å². The maximum atomic E-state index is 13.5. The van der Waals surface area contributed by atoms with Crippen molar-refractivity contribution < 1.29 is 4.79 Å². The number of carbonyl (C=O) groups excluding carboxylic acids is 1.